The lowest BCUT2D eigenvalue weighted by atomic mass is 10.1. The molecule has 0 aliphatic carbocycles. The topological polar surface area (TPSA) is 88.7 Å². The number of esters is 1. The van der Waals surface area contributed by atoms with Crippen LogP contribution in [0.15, 0.2) is 60.9 Å². The Bertz CT molecular complexity index is 1340. The number of carbonyl (C=O) groups is 1. The molecule has 1 N–H and O–H groups in total. The Hall–Kier alpha value is -4.31. The fourth-order valence-electron chi connectivity index (χ4n) is 3.51. The summed E-state index contributed by atoms with van der Waals surface area (Å²) < 4.78 is 12.7. The molecule has 0 radical (unpaired) electrons. The average molecular weight is 426 g/mol. The van der Waals surface area contributed by atoms with Crippen LogP contribution < -0.4 is 10.1 Å². The first-order chi connectivity index (χ1) is 15.5. The number of fused-ring (bicyclic) bond motifs is 1. The molecule has 0 spiro atoms. The van der Waals surface area contributed by atoms with Gasteiger partial charge in [-0.1, -0.05) is 18.2 Å². The lowest BCUT2D eigenvalue weighted by Gasteiger charge is -2.14. The number of aromatic nitrogens is 2. The minimum atomic E-state index is -0.418. The molecule has 0 aliphatic heterocycles. The molecule has 0 atom stereocenters. The Labute approximate surface area is 185 Å². The third-order valence-corrected chi connectivity index (χ3v) is 5.11. The third kappa shape index (κ3) is 3.98. The molecule has 32 heavy (non-hydrogen) atoms. The van der Waals surface area contributed by atoms with Gasteiger partial charge < -0.3 is 14.8 Å². The maximum absolute atomic E-state index is 12.3. The molecule has 7 nitrogen and oxygen atoms in total. The Morgan fingerprint density at radius 2 is 1.94 bits per heavy atom. The number of hydrogen-bond acceptors (Lipinski definition) is 6. The zero-order valence-corrected chi connectivity index (χ0v) is 18.0. The number of para-hydroxylation sites is 1. The van der Waals surface area contributed by atoms with Gasteiger partial charge in [0, 0.05) is 11.9 Å². The molecule has 0 bridgehead atoms. The van der Waals surface area contributed by atoms with Gasteiger partial charge in [0.1, 0.15) is 17.6 Å². The quantitative estimate of drug-likeness (QED) is 0.408. The molecular weight excluding hydrogens is 404 g/mol. The van der Waals surface area contributed by atoms with E-state index in [9.17, 15) is 10.1 Å². The summed E-state index contributed by atoms with van der Waals surface area (Å²) in [6.45, 7) is 5.82. The molecule has 0 saturated carbocycles. The number of rotatable bonds is 6. The minimum absolute atomic E-state index is 0.281. The van der Waals surface area contributed by atoms with Gasteiger partial charge in [-0.2, -0.15) is 10.4 Å². The monoisotopic (exact) mass is 426 g/mol. The summed E-state index contributed by atoms with van der Waals surface area (Å²) >= 11 is 0. The number of nitrogens with zero attached hydrogens (tertiary/aromatic N) is 3. The van der Waals surface area contributed by atoms with Crippen LogP contribution in [-0.2, 0) is 4.74 Å². The predicted octanol–water partition coefficient (Wildman–Crippen LogP) is 5.54. The van der Waals surface area contributed by atoms with Crippen LogP contribution in [0.4, 0.5) is 11.4 Å². The van der Waals surface area contributed by atoms with E-state index < -0.39 is 5.97 Å². The van der Waals surface area contributed by atoms with Crippen LogP contribution >= 0.6 is 0 Å². The highest BCUT2D eigenvalue weighted by Crippen LogP contribution is 2.33. The highest BCUT2D eigenvalue weighted by atomic mass is 16.5. The van der Waals surface area contributed by atoms with Gasteiger partial charge in [-0.3, -0.25) is 0 Å². The Morgan fingerprint density at radius 3 is 2.62 bits per heavy atom. The molecule has 2 aromatic carbocycles. The summed E-state index contributed by atoms with van der Waals surface area (Å²) in [7, 11) is 0. The van der Waals surface area contributed by atoms with E-state index in [2.05, 4.69) is 16.5 Å². The van der Waals surface area contributed by atoms with Gasteiger partial charge in [-0.15, -0.1) is 0 Å². The molecule has 0 unspecified atom stereocenters. The number of nitriles is 1. The van der Waals surface area contributed by atoms with Crippen molar-refractivity contribution in [1.29, 1.82) is 5.26 Å². The Morgan fingerprint density at radius 1 is 1.16 bits per heavy atom. The molecule has 0 aliphatic rings. The highest BCUT2D eigenvalue weighted by molar-refractivity contribution is 5.97. The number of carbonyl (C=O) groups excluding carboxylic acids is 1. The summed E-state index contributed by atoms with van der Waals surface area (Å²) in [6, 6.07) is 17.4. The van der Waals surface area contributed by atoms with Crippen molar-refractivity contribution >= 4 is 22.9 Å². The first-order valence-corrected chi connectivity index (χ1v) is 10.2. The van der Waals surface area contributed by atoms with Crippen LogP contribution in [0.1, 0.15) is 34.0 Å². The van der Waals surface area contributed by atoms with Crippen molar-refractivity contribution in [1.82, 2.24) is 9.61 Å². The standard InChI is InChI=1S/C25H22N4O3/c1-4-31-25(30)21-15-29-24(17(21)3)23(18(13-26)14-27-29)28-22-11-10-20(12-16(22)2)32-19-8-6-5-7-9-19/h5-12,14-15,28H,4H2,1-3H3. The van der Waals surface area contributed by atoms with E-state index in [0.29, 0.717) is 33.6 Å². The van der Waals surface area contributed by atoms with E-state index in [0.717, 1.165) is 17.0 Å². The van der Waals surface area contributed by atoms with E-state index in [1.165, 1.54) is 6.20 Å². The SMILES string of the molecule is CCOC(=O)c1cn2ncc(C#N)c(Nc3ccc(Oc4ccccc4)cc3C)c2c1C. The first kappa shape index (κ1) is 20.9. The smallest absolute Gasteiger partial charge is 0.340 e. The van der Waals surface area contributed by atoms with Crippen LogP contribution in [0.3, 0.4) is 0 Å². The molecule has 160 valence electrons. The van der Waals surface area contributed by atoms with Gasteiger partial charge in [0.15, 0.2) is 0 Å². The van der Waals surface area contributed by atoms with Crippen molar-refractivity contribution in [2.75, 3.05) is 11.9 Å². The second-order valence-corrected chi connectivity index (χ2v) is 7.24. The van der Waals surface area contributed by atoms with Gasteiger partial charge in [0.2, 0.25) is 0 Å². The van der Waals surface area contributed by atoms with Gasteiger partial charge in [-0.25, -0.2) is 9.31 Å². The van der Waals surface area contributed by atoms with Crippen LogP contribution in [0.5, 0.6) is 11.5 Å². The number of nitrogens with one attached hydrogen (secondary N) is 1. The Balaban J connectivity index is 1.72. The second-order valence-electron chi connectivity index (χ2n) is 7.24. The molecule has 2 heterocycles. The zero-order chi connectivity index (χ0) is 22.7. The third-order valence-electron chi connectivity index (χ3n) is 5.11. The van der Waals surface area contributed by atoms with Crippen LogP contribution in [-0.4, -0.2) is 22.2 Å². The summed E-state index contributed by atoms with van der Waals surface area (Å²) in [4.78, 5) is 12.3. The number of ether oxygens (including phenoxy) is 2. The number of anilines is 2. The maximum atomic E-state index is 12.3. The fraction of sp³-hybridized carbons (Fsp3) is 0.160. The molecule has 0 fully saturated rings. The first-order valence-electron chi connectivity index (χ1n) is 10.2. The van der Waals surface area contributed by atoms with Crippen LogP contribution in [0.25, 0.3) is 5.52 Å². The van der Waals surface area contributed by atoms with E-state index in [4.69, 9.17) is 9.47 Å². The average Bonchev–Trinajstić information content (AvgIpc) is 3.13. The van der Waals surface area contributed by atoms with Gasteiger partial charge in [0.05, 0.1) is 35.1 Å². The lowest BCUT2D eigenvalue weighted by Crippen LogP contribution is -2.04. The molecule has 7 heteroatoms. The van der Waals surface area contributed by atoms with Crippen molar-refractivity contribution in [3.05, 3.63) is 83.2 Å². The Kier molecular flexibility index (Phi) is 5.77. The number of aryl methyl sites for hydroxylation is 2. The van der Waals surface area contributed by atoms with E-state index in [-0.39, 0.29) is 6.61 Å². The molecule has 2 aromatic heterocycles. The minimum Gasteiger partial charge on any atom is -0.462 e. The number of benzene rings is 2. The second kappa shape index (κ2) is 8.82. The van der Waals surface area contributed by atoms with Crippen molar-refractivity contribution in [2.45, 2.75) is 20.8 Å². The summed E-state index contributed by atoms with van der Waals surface area (Å²) in [6.07, 6.45) is 3.10. The van der Waals surface area contributed by atoms with E-state index in [1.807, 2.05) is 62.4 Å². The predicted molar refractivity (Wildman–Crippen MR) is 122 cm³/mol. The largest absolute Gasteiger partial charge is 0.462 e. The summed E-state index contributed by atoms with van der Waals surface area (Å²) in [5, 5.41) is 17.3. The van der Waals surface area contributed by atoms with Crippen molar-refractivity contribution in [3.63, 3.8) is 0 Å². The van der Waals surface area contributed by atoms with Gasteiger partial charge in [0.25, 0.3) is 0 Å². The molecule has 4 rings (SSSR count). The molecule has 0 amide bonds. The maximum Gasteiger partial charge on any atom is 0.340 e. The summed E-state index contributed by atoms with van der Waals surface area (Å²) in [5.74, 6) is 1.05. The van der Waals surface area contributed by atoms with Gasteiger partial charge >= 0.3 is 5.97 Å². The summed E-state index contributed by atoms with van der Waals surface area (Å²) in [5.41, 5.74) is 4.46. The van der Waals surface area contributed by atoms with E-state index >= 15 is 0 Å². The molecule has 4 aromatic rings. The highest BCUT2D eigenvalue weighted by Gasteiger charge is 2.20. The van der Waals surface area contributed by atoms with Crippen molar-refractivity contribution in [3.8, 4) is 17.6 Å². The molecular formula is C25H22N4O3. The normalized spacial score (nSPS) is 10.6. The number of hydrogen-bond donors (Lipinski definition) is 1. The fourth-order valence-corrected chi connectivity index (χ4v) is 3.51. The van der Waals surface area contributed by atoms with Crippen molar-refractivity contribution in [2.24, 2.45) is 0 Å². The van der Waals surface area contributed by atoms with Crippen molar-refractivity contribution < 1.29 is 14.3 Å². The van der Waals surface area contributed by atoms with Crippen LogP contribution in [0, 0.1) is 25.2 Å². The molecule has 0 saturated heterocycles. The van der Waals surface area contributed by atoms with E-state index in [1.54, 1.807) is 17.6 Å². The van der Waals surface area contributed by atoms with Crippen LogP contribution in [0.2, 0.25) is 0 Å². The zero-order valence-electron chi connectivity index (χ0n) is 18.0. The van der Waals surface area contributed by atoms with Gasteiger partial charge in [-0.05, 0) is 62.2 Å². The lowest BCUT2D eigenvalue weighted by molar-refractivity contribution is 0.0525.